The van der Waals surface area contributed by atoms with Gasteiger partial charge in [-0.25, -0.2) is 9.18 Å². The van der Waals surface area contributed by atoms with Gasteiger partial charge in [0.1, 0.15) is 5.75 Å². The molecule has 4 aromatic rings. The van der Waals surface area contributed by atoms with Crippen LogP contribution in [0.2, 0.25) is 0 Å². The van der Waals surface area contributed by atoms with Crippen molar-refractivity contribution in [3.8, 4) is 11.5 Å². The van der Waals surface area contributed by atoms with E-state index in [2.05, 4.69) is 0 Å². The van der Waals surface area contributed by atoms with E-state index in [0.717, 1.165) is 39.2 Å². The number of fused-ring (bicyclic) bond motifs is 8. The first-order valence-electron chi connectivity index (χ1n) is 12.7. The molecular weight excluding hydrogens is 473 g/mol. The zero-order valence-electron chi connectivity index (χ0n) is 22.1. The zero-order valence-corrected chi connectivity index (χ0v) is 22.1. The van der Waals surface area contributed by atoms with E-state index >= 15 is 4.39 Å². The van der Waals surface area contributed by atoms with Gasteiger partial charge < -0.3 is 19.3 Å². The molecule has 3 aromatic carbocycles. The number of pyridine rings is 1. The third-order valence-electron chi connectivity index (χ3n) is 6.82. The molecule has 1 aliphatic heterocycles. The molecule has 0 spiro atoms. The fraction of sp³-hybridized carbons (Fsp3) is 0.400. The van der Waals surface area contributed by atoms with Crippen molar-refractivity contribution in [3.63, 3.8) is 0 Å². The number of aromatic nitrogens is 1. The van der Waals surface area contributed by atoms with Crippen LogP contribution in [0.25, 0.3) is 32.3 Å². The molecule has 0 amide bonds. The van der Waals surface area contributed by atoms with Crippen molar-refractivity contribution in [2.24, 2.45) is 0 Å². The second-order valence-corrected chi connectivity index (χ2v) is 10.6. The highest BCUT2D eigenvalue weighted by Gasteiger charge is 2.33. The molecule has 0 unspecified atom stereocenters. The number of hydrogen-bond acceptors (Lipinski definition) is 5. The van der Waals surface area contributed by atoms with Crippen molar-refractivity contribution in [1.29, 1.82) is 0 Å². The fourth-order valence-electron chi connectivity index (χ4n) is 5.59. The molecule has 5 rings (SSSR count). The van der Waals surface area contributed by atoms with Crippen LogP contribution in [-0.2, 0) is 16.0 Å². The molecule has 0 saturated carbocycles. The van der Waals surface area contributed by atoms with Crippen molar-refractivity contribution >= 4 is 38.3 Å². The van der Waals surface area contributed by atoms with E-state index in [4.69, 9.17) is 19.2 Å². The number of carboxylic acid groups (broad SMARTS) is 1. The van der Waals surface area contributed by atoms with Gasteiger partial charge in [-0.1, -0.05) is 0 Å². The second kappa shape index (κ2) is 9.14. The molecule has 6 nitrogen and oxygen atoms in total. The molecule has 0 radical (unpaired) electrons. The van der Waals surface area contributed by atoms with Crippen molar-refractivity contribution in [3.05, 3.63) is 52.6 Å². The van der Waals surface area contributed by atoms with Gasteiger partial charge in [0.05, 0.1) is 18.8 Å². The van der Waals surface area contributed by atoms with Crippen LogP contribution in [-0.4, -0.2) is 34.9 Å². The molecule has 0 saturated heterocycles. The molecule has 7 heteroatoms. The highest BCUT2D eigenvalue weighted by Crippen LogP contribution is 2.47. The van der Waals surface area contributed by atoms with Crippen LogP contribution in [0.4, 0.5) is 4.39 Å². The van der Waals surface area contributed by atoms with Gasteiger partial charge in [0.25, 0.3) is 0 Å². The summed E-state index contributed by atoms with van der Waals surface area (Å²) in [5.41, 5.74) is 1.79. The summed E-state index contributed by atoms with van der Waals surface area (Å²) in [5.74, 6) is -0.592. The molecule has 2 heterocycles. The van der Waals surface area contributed by atoms with Crippen LogP contribution in [0.1, 0.15) is 62.7 Å². The highest BCUT2D eigenvalue weighted by atomic mass is 19.1. The van der Waals surface area contributed by atoms with E-state index in [1.807, 2.05) is 52.8 Å². The van der Waals surface area contributed by atoms with Gasteiger partial charge >= 0.3 is 5.97 Å². The Bertz CT molecular complexity index is 1570. The minimum Gasteiger partial charge on any atom is -0.494 e. The van der Waals surface area contributed by atoms with Crippen LogP contribution in [0, 0.1) is 19.7 Å². The Balaban J connectivity index is 2.05. The predicted molar refractivity (Wildman–Crippen MR) is 142 cm³/mol. The van der Waals surface area contributed by atoms with Crippen molar-refractivity contribution in [2.75, 3.05) is 13.2 Å². The Morgan fingerprint density at radius 1 is 1.11 bits per heavy atom. The third kappa shape index (κ3) is 4.25. The fourth-order valence-corrected chi connectivity index (χ4v) is 5.59. The summed E-state index contributed by atoms with van der Waals surface area (Å²) in [6.07, 6.45) is 0.138. The molecular formula is C30H32FNO5. The number of nitrogens with zero attached hydrogens (tertiary/aromatic N) is 1. The predicted octanol–water partition coefficient (Wildman–Crippen LogP) is 6.96. The Morgan fingerprint density at radius 2 is 1.86 bits per heavy atom. The summed E-state index contributed by atoms with van der Waals surface area (Å²) in [6, 6.07) is 7.35. The number of hydrogen-bond donors (Lipinski definition) is 1. The van der Waals surface area contributed by atoms with E-state index in [1.54, 1.807) is 6.92 Å². The van der Waals surface area contributed by atoms with Crippen LogP contribution < -0.4 is 9.47 Å². The van der Waals surface area contributed by atoms with E-state index in [-0.39, 0.29) is 5.75 Å². The molecule has 1 atom stereocenters. The number of aryl methyl sites for hydroxylation is 3. The molecule has 194 valence electrons. The first-order valence-corrected chi connectivity index (χ1v) is 12.7. The molecule has 0 bridgehead atoms. The quantitative estimate of drug-likeness (QED) is 0.295. The lowest BCUT2D eigenvalue weighted by Gasteiger charge is -2.28. The third-order valence-corrected chi connectivity index (χ3v) is 6.82. The number of ether oxygens (including phenoxy) is 3. The monoisotopic (exact) mass is 505 g/mol. The minimum atomic E-state index is -1.28. The Morgan fingerprint density at radius 3 is 2.54 bits per heavy atom. The summed E-state index contributed by atoms with van der Waals surface area (Å²) >= 11 is 0. The Labute approximate surface area is 215 Å². The minimum absolute atomic E-state index is 0.269. The largest absolute Gasteiger partial charge is 0.494 e. The van der Waals surface area contributed by atoms with Gasteiger partial charge in [-0.3, -0.25) is 4.98 Å². The second-order valence-electron chi connectivity index (χ2n) is 10.6. The summed E-state index contributed by atoms with van der Waals surface area (Å²) in [5, 5.41) is 15.0. The van der Waals surface area contributed by atoms with Gasteiger partial charge in [0, 0.05) is 33.3 Å². The molecule has 37 heavy (non-hydrogen) atoms. The molecule has 1 N–H and O–H groups in total. The maximum atomic E-state index is 15.6. The molecule has 1 aromatic heterocycles. The number of rotatable bonds is 5. The van der Waals surface area contributed by atoms with Crippen LogP contribution in [0.15, 0.2) is 24.3 Å². The van der Waals surface area contributed by atoms with Crippen molar-refractivity contribution < 1.29 is 28.5 Å². The topological polar surface area (TPSA) is 77.9 Å². The number of aliphatic carboxylic acids is 1. The van der Waals surface area contributed by atoms with E-state index in [1.165, 1.54) is 6.07 Å². The van der Waals surface area contributed by atoms with E-state index in [0.29, 0.717) is 47.4 Å². The van der Waals surface area contributed by atoms with Crippen LogP contribution >= 0.6 is 0 Å². The first kappa shape index (κ1) is 25.2. The van der Waals surface area contributed by atoms with Crippen LogP contribution in [0.5, 0.6) is 11.5 Å². The number of halogens is 1. The maximum Gasteiger partial charge on any atom is 0.337 e. The van der Waals surface area contributed by atoms with Gasteiger partial charge in [0.15, 0.2) is 17.7 Å². The van der Waals surface area contributed by atoms with Gasteiger partial charge in [-0.05, 0) is 100 Å². The molecule has 1 aliphatic rings. The zero-order chi connectivity index (χ0) is 26.6. The van der Waals surface area contributed by atoms with E-state index < -0.39 is 23.5 Å². The summed E-state index contributed by atoms with van der Waals surface area (Å²) in [4.78, 5) is 17.4. The standard InChI is InChI=1S/C30H32FNO5/c1-7-35-17-10-11-18-20(13-17)25-19-9-8-12-36-27(19)22(31)14-21(25)26-23(18)15(2)32-16(3)24(26)28(29(33)34)37-30(4,5)6/h10-11,13-14,28H,7-9,12H2,1-6H3,(H,33,34)/t28-/m0/s1. The van der Waals surface area contributed by atoms with Gasteiger partial charge in [-0.15, -0.1) is 0 Å². The molecule has 0 aliphatic carbocycles. The average Bonchev–Trinajstić information content (AvgIpc) is 2.82. The maximum absolute atomic E-state index is 15.6. The average molecular weight is 506 g/mol. The van der Waals surface area contributed by atoms with Crippen molar-refractivity contribution in [1.82, 2.24) is 4.98 Å². The first-order chi connectivity index (χ1) is 17.5. The van der Waals surface area contributed by atoms with Crippen molar-refractivity contribution in [2.45, 2.75) is 66.1 Å². The van der Waals surface area contributed by atoms with Crippen LogP contribution in [0.3, 0.4) is 0 Å². The number of benzene rings is 3. The summed E-state index contributed by atoms with van der Waals surface area (Å²) in [6.45, 7) is 12.0. The normalized spacial score (nSPS) is 14.6. The smallest absolute Gasteiger partial charge is 0.337 e. The Kier molecular flexibility index (Phi) is 6.23. The lowest BCUT2D eigenvalue weighted by atomic mass is 9.85. The number of carbonyl (C=O) groups is 1. The SMILES string of the molecule is CCOc1ccc2c(c1)c1c3c(c(F)cc1c1c([C@H](OC(C)(C)C)C(=O)O)c(C)nc(C)c21)OCCC3. The van der Waals surface area contributed by atoms with Gasteiger partial charge in [0.2, 0.25) is 0 Å². The van der Waals surface area contributed by atoms with Gasteiger partial charge in [-0.2, -0.15) is 0 Å². The number of carboxylic acids is 1. The Hall–Kier alpha value is -3.45. The van der Waals surface area contributed by atoms with E-state index in [9.17, 15) is 9.90 Å². The lowest BCUT2D eigenvalue weighted by molar-refractivity contribution is -0.160. The highest BCUT2D eigenvalue weighted by molar-refractivity contribution is 6.28. The summed E-state index contributed by atoms with van der Waals surface area (Å²) < 4.78 is 33.3. The summed E-state index contributed by atoms with van der Waals surface area (Å²) in [7, 11) is 0. The molecule has 0 fully saturated rings. The lowest BCUT2D eigenvalue weighted by Crippen LogP contribution is -2.28.